The molecule has 3 atom stereocenters. The number of carbonyl (C=O) groups is 5. The molecule has 2 aromatic carbocycles. The van der Waals surface area contributed by atoms with E-state index in [1.807, 2.05) is 0 Å². The lowest BCUT2D eigenvalue weighted by atomic mass is 9.72. The number of carbonyl (C=O) groups excluding carboxylic acids is 4. The minimum atomic E-state index is -1.94. The first kappa shape index (κ1) is 34.5. The molecule has 0 radical (unpaired) electrons. The van der Waals surface area contributed by atoms with Crippen LogP contribution in [0.1, 0.15) is 40.4 Å². The number of urea groups is 2. The number of aromatic hydroxyl groups is 2. The number of nitrogens with zero attached hydrogens (tertiary/aromatic N) is 2. The molecule has 0 spiro atoms. The molecule has 3 aliphatic rings. The molecule has 0 aliphatic carbocycles. The van der Waals surface area contributed by atoms with Gasteiger partial charge in [-0.1, -0.05) is 17.7 Å². The number of hydrogen-bond donors (Lipinski definition) is 8. The summed E-state index contributed by atoms with van der Waals surface area (Å²) in [7, 11) is -1.92. The summed E-state index contributed by atoms with van der Waals surface area (Å²) in [4.78, 5) is 65.9. The molecule has 3 heterocycles. The first-order chi connectivity index (χ1) is 22.8. The van der Waals surface area contributed by atoms with E-state index in [0.717, 1.165) is 23.9 Å². The number of hydrogen-bond acceptors (Lipinski definition) is 10. The van der Waals surface area contributed by atoms with Crippen LogP contribution in [0.25, 0.3) is 0 Å². The lowest BCUT2D eigenvalue weighted by Gasteiger charge is -2.31. The number of carboxylic acid groups (broad SMARTS) is 1. The average Bonchev–Trinajstić information content (AvgIpc) is 3.71. The normalized spacial score (nSPS) is 19.4. The van der Waals surface area contributed by atoms with Gasteiger partial charge in [0, 0.05) is 31.7 Å². The summed E-state index contributed by atoms with van der Waals surface area (Å²) in [6.07, 6.45) is 1.28. The van der Waals surface area contributed by atoms with Gasteiger partial charge in [0.05, 0.1) is 17.0 Å². The lowest BCUT2D eigenvalue weighted by Crippen LogP contribution is -2.56. The van der Waals surface area contributed by atoms with Crippen LogP contribution in [0.2, 0.25) is 5.02 Å². The summed E-state index contributed by atoms with van der Waals surface area (Å²) >= 11 is 6.13. The van der Waals surface area contributed by atoms with Crippen LogP contribution in [0.3, 0.4) is 0 Å². The van der Waals surface area contributed by atoms with Gasteiger partial charge < -0.3 is 51.2 Å². The highest BCUT2D eigenvalue weighted by atomic mass is 35.5. The van der Waals surface area contributed by atoms with Crippen molar-refractivity contribution in [2.75, 3.05) is 32.7 Å². The second-order valence-corrected chi connectivity index (χ2v) is 11.6. The Kier molecular flexibility index (Phi) is 10.1. The Morgan fingerprint density at radius 3 is 2.58 bits per heavy atom. The van der Waals surface area contributed by atoms with Crippen LogP contribution in [-0.4, -0.2) is 112 Å². The number of carboxylic acids is 1. The molecule has 5 rings (SSSR count). The largest absolute Gasteiger partial charge is 0.547 e. The van der Waals surface area contributed by atoms with Gasteiger partial charge in [-0.3, -0.25) is 9.59 Å². The number of fused-ring (bicyclic) bond motifs is 1. The maximum absolute atomic E-state index is 14.5. The van der Waals surface area contributed by atoms with Gasteiger partial charge in [-0.2, -0.15) is 0 Å². The van der Waals surface area contributed by atoms with E-state index in [1.54, 1.807) is 0 Å². The lowest BCUT2D eigenvalue weighted by molar-refractivity contribution is -0.124. The fourth-order valence-electron chi connectivity index (χ4n) is 5.67. The molecule has 48 heavy (non-hydrogen) atoms. The van der Waals surface area contributed by atoms with E-state index in [4.69, 9.17) is 16.3 Å². The Morgan fingerprint density at radius 2 is 1.90 bits per heavy atom. The predicted octanol–water partition coefficient (Wildman–Crippen LogP) is 0.224. The molecule has 2 saturated heterocycles. The van der Waals surface area contributed by atoms with Crippen molar-refractivity contribution in [2.24, 2.45) is 0 Å². The van der Waals surface area contributed by atoms with E-state index >= 15 is 0 Å². The molecule has 0 saturated carbocycles. The monoisotopic (exact) mass is 694 g/mol. The topological polar surface area (TPSA) is 230 Å². The summed E-state index contributed by atoms with van der Waals surface area (Å²) in [5, 5.41) is 49.6. The van der Waals surface area contributed by atoms with Crippen molar-refractivity contribution in [3.63, 3.8) is 0 Å². The molecule has 2 aromatic rings. The molecule has 3 aliphatic heterocycles. The zero-order valence-electron chi connectivity index (χ0n) is 25.0. The number of imide groups is 1. The van der Waals surface area contributed by atoms with Crippen LogP contribution in [0.5, 0.6) is 17.2 Å². The second-order valence-electron chi connectivity index (χ2n) is 11.2. The Labute approximate surface area is 276 Å². The van der Waals surface area contributed by atoms with E-state index in [-0.39, 0.29) is 50.1 Å². The Bertz CT molecular complexity index is 1670. The molecule has 0 bridgehead atoms. The highest BCUT2D eigenvalue weighted by molar-refractivity contribution is 6.47. The van der Waals surface area contributed by atoms with Crippen LogP contribution in [0.4, 0.5) is 18.4 Å². The summed E-state index contributed by atoms with van der Waals surface area (Å²) in [5.74, 6) is -9.71. The van der Waals surface area contributed by atoms with Crippen LogP contribution >= 0.6 is 11.6 Å². The van der Waals surface area contributed by atoms with Crippen molar-refractivity contribution in [1.29, 1.82) is 0 Å². The van der Waals surface area contributed by atoms with Crippen LogP contribution in [0, 0.1) is 11.6 Å². The van der Waals surface area contributed by atoms with Crippen molar-refractivity contribution in [1.82, 2.24) is 31.1 Å². The van der Waals surface area contributed by atoms with E-state index in [2.05, 4.69) is 21.3 Å². The molecule has 20 heteroatoms. The molecule has 0 aromatic heterocycles. The molecule has 6 amide bonds. The van der Waals surface area contributed by atoms with E-state index in [1.165, 1.54) is 11.0 Å². The fraction of sp³-hybridized carbons (Fsp3) is 0.393. The number of phenols is 2. The SMILES string of the molecule is O=C(O)c1c(F)ccc2c1OB(O)[C@@H](NC(=O)C(NC(=O)N1CCN(CCNC(=O)[C@@H]3CCCN3)C1=O)c1cc(F)c(O)c(O)c1Cl)C2. The third-order valence-corrected chi connectivity index (χ3v) is 8.58. The van der Waals surface area contributed by atoms with Crippen LogP contribution in [-0.2, 0) is 16.0 Å². The number of halogens is 3. The van der Waals surface area contributed by atoms with Gasteiger partial charge in [0.2, 0.25) is 11.8 Å². The Balaban J connectivity index is 1.32. The zero-order valence-corrected chi connectivity index (χ0v) is 25.7. The summed E-state index contributed by atoms with van der Waals surface area (Å²) in [6, 6.07) is -1.52. The minimum Gasteiger partial charge on any atom is -0.534 e. The Morgan fingerprint density at radius 1 is 1.15 bits per heavy atom. The molecule has 8 N–H and O–H groups in total. The number of rotatable bonds is 9. The van der Waals surface area contributed by atoms with Gasteiger partial charge in [-0.15, -0.1) is 0 Å². The summed E-state index contributed by atoms with van der Waals surface area (Å²) < 4.78 is 33.9. The van der Waals surface area contributed by atoms with Gasteiger partial charge in [-0.05, 0) is 43.5 Å². The predicted molar refractivity (Wildman–Crippen MR) is 161 cm³/mol. The van der Waals surface area contributed by atoms with Crippen LogP contribution in [0.15, 0.2) is 18.2 Å². The van der Waals surface area contributed by atoms with Gasteiger partial charge >= 0.3 is 25.1 Å². The minimum absolute atomic E-state index is 0.0718. The molecular weight excluding hydrogens is 665 g/mol. The molecular formula is C28H30BClF2N6O10. The third-order valence-electron chi connectivity index (χ3n) is 8.19. The quantitative estimate of drug-likeness (QED) is 0.131. The average molecular weight is 695 g/mol. The smallest absolute Gasteiger partial charge is 0.534 e. The number of phenolic OH excluding ortho intramolecular Hbond substituents is 2. The standard InChI is InChI=1S/C28H30BClF2N6O10/c30-19-13(11-15(32)21(39)22(19)40)20(25(42)35-17-10-12-3-4-14(31)18(26(43)44)23(12)48-29(17)47)36-27(45)38-9-8-37(28(38)46)7-6-34-24(41)16-2-1-5-33-16/h3-4,11,16-17,20,33,39-40,47H,1-2,5-10H2,(H,34,41)(H,35,42)(H,36,45)(H,43,44)/t16-,17-,20?/m0/s1. The number of aromatic carboxylic acids is 1. The first-order valence-corrected chi connectivity index (χ1v) is 15.1. The first-order valence-electron chi connectivity index (χ1n) is 14.8. The van der Waals surface area contributed by atoms with E-state index in [0.29, 0.717) is 12.5 Å². The van der Waals surface area contributed by atoms with Gasteiger partial charge in [0.15, 0.2) is 17.3 Å². The van der Waals surface area contributed by atoms with Crippen LogP contribution < -0.4 is 25.9 Å². The second kappa shape index (κ2) is 14.1. The highest BCUT2D eigenvalue weighted by Gasteiger charge is 2.42. The van der Waals surface area contributed by atoms with E-state index < -0.39 is 88.1 Å². The molecule has 2 fully saturated rings. The van der Waals surface area contributed by atoms with Gasteiger partial charge in [-0.25, -0.2) is 28.1 Å². The summed E-state index contributed by atoms with van der Waals surface area (Å²) in [5.41, 5.74) is -1.26. The summed E-state index contributed by atoms with van der Waals surface area (Å²) in [6.45, 7) is 0.864. The highest BCUT2D eigenvalue weighted by Crippen LogP contribution is 2.40. The van der Waals surface area contributed by atoms with Crippen molar-refractivity contribution in [3.8, 4) is 17.2 Å². The fourth-order valence-corrected chi connectivity index (χ4v) is 5.92. The molecule has 16 nitrogen and oxygen atoms in total. The van der Waals surface area contributed by atoms with Gasteiger partial charge in [0.1, 0.15) is 23.2 Å². The van der Waals surface area contributed by atoms with Crippen molar-refractivity contribution >= 4 is 48.6 Å². The Hall–Kier alpha value is -4.88. The number of amides is 6. The third kappa shape index (κ3) is 6.88. The molecule has 1 unspecified atom stereocenters. The van der Waals surface area contributed by atoms with E-state index in [9.17, 15) is 53.1 Å². The maximum Gasteiger partial charge on any atom is 0.547 e. The number of benzene rings is 2. The molecule has 256 valence electrons. The van der Waals surface area contributed by atoms with Crippen molar-refractivity contribution < 1.29 is 57.8 Å². The van der Waals surface area contributed by atoms with Gasteiger partial charge in [0.25, 0.3) is 0 Å². The number of nitrogens with one attached hydrogen (secondary N) is 4. The van der Waals surface area contributed by atoms with Crippen molar-refractivity contribution in [3.05, 3.63) is 51.5 Å². The van der Waals surface area contributed by atoms with Crippen molar-refractivity contribution in [2.45, 2.75) is 37.3 Å². The zero-order chi connectivity index (χ0) is 34.9. The maximum atomic E-state index is 14.5.